The molecule has 1 saturated heterocycles. The zero-order valence-electron chi connectivity index (χ0n) is 12.1. The van der Waals surface area contributed by atoms with E-state index < -0.39 is 10.5 Å². The van der Waals surface area contributed by atoms with Crippen LogP contribution < -0.4 is 5.32 Å². The fraction of sp³-hybridized carbons (Fsp3) is 0.500. The van der Waals surface area contributed by atoms with E-state index in [2.05, 4.69) is 5.32 Å². The number of likely N-dealkylation sites (tertiary alicyclic amines) is 1. The van der Waals surface area contributed by atoms with E-state index in [0.29, 0.717) is 30.8 Å². The molecule has 1 aliphatic rings. The van der Waals surface area contributed by atoms with Crippen LogP contribution in [0.1, 0.15) is 30.6 Å². The van der Waals surface area contributed by atoms with Gasteiger partial charge in [-0.3, -0.25) is 14.9 Å². The zero-order chi connectivity index (χ0) is 15.6. The summed E-state index contributed by atoms with van der Waals surface area (Å²) in [5.41, 5.74) is -0.198. The Balaban J connectivity index is 2.26. The van der Waals surface area contributed by atoms with Crippen molar-refractivity contribution in [1.82, 2.24) is 4.90 Å². The van der Waals surface area contributed by atoms with Gasteiger partial charge in [0, 0.05) is 31.3 Å². The first kappa shape index (κ1) is 15.2. The van der Waals surface area contributed by atoms with Gasteiger partial charge in [0.2, 0.25) is 0 Å². The van der Waals surface area contributed by atoms with Gasteiger partial charge in [-0.05, 0) is 32.4 Å². The molecule has 1 aliphatic heterocycles. The Morgan fingerprint density at radius 3 is 2.81 bits per heavy atom. The third-order valence-corrected chi connectivity index (χ3v) is 3.55. The number of aliphatic hydroxyl groups is 1. The molecule has 1 aromatic rings. The quantitative estimate of drug-likeness (QED) is 0.649. The summed E-state index contributed by atoms with van der Waals surface area (Å²) in [7, 11) is 0. The van der Waals surface area contributed by atoms with Crippen LogP contribution in [0.2, 0.25) is 0 Å². The average Bonchev–Trinajstić information content (AvgIpc) is 2.78. The van der Waals surface area contributed by atoms with E-state index in [0.717, 1.165) is 0 Å². The summed E-state index contributed by atoms with van der Waals surface area (Å²) in [6, 6.07) is 4.28. The number of hydrogen-bond acceptors (Lipinski definition) is 5. The molecule has 1 heterocycles. The molecule has 1 aromatic carbocycles. The summed E-state index contributed by atoms with van der Waals surface area (Å²) in [5.74, 6) is -0.221. The number of β-amino-alcohol motifs (C(OH)–C–C–N with tert-alkyl or cyclic N) is 1. The van der Waals surface area contributed by atoms with Gasteiger partial charge in [0.1, 0.15) is 5.69 Å². The maximum absolute atomic E-state index is 12.4. The van der Waals surface area contributed by atoms with E-state index in [4.69, 9.17) is 0 Å². The van der Waals surface area contributed by atoms with Gasteiger partial charge in [0.25, 0.3) is 11.6 Å². The van der Waals surface area contributed by atoms with Crippen LogP contribution in [-0.2, 0) is 0 Å². The maximum atomic E-state index is 12.4. The van der Waals surface area contributed by atoms with Crippen LogP contribution in [0.15, 0.2) is 18.2 Å². The Hall–Kier alpha value is -2.15. The van der Waals surface area contributed by atoms with Crippen molar-refractivity contribution in [1.29, 1.82) is 0 Å². The van der Waals surface area contributed by atoms with E-state index in [1.807, 2.05) is 6.92 Å². The Kier molecular flexibility index (Phi) is 4.13. The van der Waals surface area contributed by atoms with Gasteiger partial charge >= 0.3 is 0 Å². The molecule has 1 atom stereocenters. The van der Waals surface area contributed by atoms with Crippen molar-refractivity contribution in [2.45, 2.75) is 25.9 Å². The predicted octanol–water partition coefficient (Wildman–Crippen LogP) is 1.62. The lowest BCUT2D eigenvalue weighted by Gasteiger charge is -2.19. The Morgan fingerprint density at radius 2 is 2.29 bits per heavy atom. The Bertz CT molecular complexity index is 571. The highest BCUT2D eigenvalue weighted by molar-refractivity contribution is 5.96. The number of benzene rings is 1. The molecular weight excluding hydrogens is 274 g/mol. The van der Waals surface area contributed by atoms with Crippen molar-refractivity contribution in [3.8, 4) is 0 Å². The number of nitrogens with one attached hydrogen (secondary N) is 1. The van der Waals surface area contributed by atoms with Gasteiger partial charge in [0.15, 0.2) is 0 Å². The third-order valence-electron chi connectivity index (χ3n) is 3.55. The molecule has 0 bridgehead atoms. The van der Waals surface area contributed by atoms with Crippen molar-refractivity contribution in [3.63, 3.8) is 0 Å². The van der Waals surface area contributed by atoms with Gasteiger partial charge in [-0.25, -0.2) is 0 Å². The normalized spacial score (nSPS) is 21.4. The number of carbonyl (C=O) groups excluding carboxylic acids is 1. The van der Waals surface area contributed by atoms with E-state index in [1.54, 1.807) is 11.8 Å². The number of amides is 1. The molecule has 1 unspecified atom stereocenters. The molecule has 0 aliphatic carbocycles. The molecule has 2 rings (SSSR count). The van der Waals surface area contributed by atoms with Crippen LogP contribution >= 0.6 is 0 Å². The molecular formula is C14H19N3O4. The minimum absolute atomic E-state index is 0.0539. The van der Waals surface area contributed by atoms with Crippen LogP contribution in [0.4, 0.5) is 11.4 Å². The lowest BCUT2D eigenvalue weighted by Crippen LogP contribution is -2.33. The summed E-state index contributed by atoms with van der Waals surface area (Å²) in [6.45, 7) is 4.81. The van der Waals surface area contributed by atoms with E-state index in [-0.39, 0.29) is 18.1 Å². The molecule has 1 fully saturated rings. The summed E-state index contributed by atoms with van der Waals surface area (Å²) in [6.07, 6.45) is 0.534. The molecule has 0 radical (unpaired) electrons. The van der Waals surface area contributed by atoms with E-state index in [9.17, 15) is 20.0 Å². The summed E-state index contributed by atoms with van der Waals surface area (Å²) in [4.78, 5) is 24.4. The fourth-order valence-electron chi connectivity index (χ4n) is 2.46. The number of nitro benzene ring substituents is 1. The van der Waals surface area contributed by atoms with Crippen molar-refractivity contribution < 1.29 is 14.8 Å². The topological polar surface area (TPSA) is 95.7 Å². The minimum Gasteiger partial charge on any atom is -0.388 e. The molecule has 7 nitrogen and oxygen atoms in total. The van der Waals surface area contributed by atoms with Gasteiger partial charge in [-0.2, -0.15) is 0 Å². The number of carbonyl (C=O) groups is 1. The molecule has 2 N–H and O–H groups in total. The monoisotopic (exact) mass is 293 g/mol. The molecule has 114 valence electrons. The molecule has 0 aromatic heterocycles. The second-order valence-corrected chi connectivity index (χ2v) is 5.49. The molecule has 21 heavy (non-hydrogen) atoms. The Labute approximate surface area is 122 Å². The van der Waals surface area contributed by atoms with E-state index in [1.165, 1.54) is 18.2 Å². The highest BCUT2D eigenvalue weighted by Gasteiger charge is 2.34. The zero-order valence-corrected chi connectivity index (χ0v) is 12.1. The molecule has 7 heteroatoms. The summed E-state index contributed by atoms with van der Waals surface area (Å²) in [5, 5.41) is 23.8. The van der Waals surface area contributed by atoms with Gasteiger partial charge < -0.3 is 15.3 Å². The smallest absolute Gasteiger partial charge is 0.292 e. The number of rotatable bonds is 4. The Morgan fingerprint density at radius 1 is 1.57 bits per heavy atom. The third kappa shape index (κ3) is 3.30. The van der Waals surface area contributed by atoms with Gasteiger partial charge in [-0.1, -0.05) is 0 Å². The van der Waals surface area contributed by atoms with Crippen molar-refractivity contribution in [3.05, 3.63) is 33.9 Å². The average molecular weight is 293 g/mol. The van der Waals surface area contributed by atoms with E-state index >= 15 is 0 Å². The lowest BCUT2D eigenvalue weighted by atomic mass is 10.1. The minimum atomic E-state index is -0.860. The van der Waals surface area contributed by atoms with Crippen molar-refractivity contribution in [2.75, 3.05) is 25.0 Å². The summed E-state index contributed by atoms with van der Waals surface area (Å²) >= 11 is 0. The highest BCUT2D eigenvalue weighted by Crippen LogP contribution is 2.27. The fourth-order valence-corrected chi connectivity index (χ4v) is 2.46. The number of nitro groups is 1. The summed E-state index contributed by atoms with van der Waals surface area (Å²) < 4.78 is 0. The molecule has 1 amide bonds. The highest BCUT2D eigenvalue weighted by atomic mass is 16.6. The van der Waals surface area contributed by atoms with Crippen molar-refractivity contribution in [2.24, 2.45) is 0 Å². The maximum Gasteiger partial charge on any atom is 0.292 e. The van der Waals surface area contributed by atoms with Gasteiger partial charge in [-0.15, -0.1) is 0 Å². The standard InChI is InChI=1S/C14H19N3O4/c1-3-15-11-8-10(4-5-12(11)17(20)21)13(18)16-7-6-14(2,19)9-16/h4-5,8,15,19H,3,6-7,9H2,1-2H3. The lowest BCUT2D eigenvalue weighted by molar-refractivity contribution is -0.384. The molecule has 0 saturated carbocycles. The second-order valence-electron chi connectivity index (χ2n) is 5.49. The largest absolute Gasteiger partial charge is 0.388 e. The first-order valence-corrected chi connectivity index (χ1v) is 6.88. The number of nitrogens with zero attached hydrogens (tertiary/aromatic N) is 2. The first-order chi connectivity index (χ1) is 9.84. The predicted molar refractivity (Wildman–Crippen MR) is 78.4 cm³/mol. The van der Waals surface area contributed by atoms with Crippen LogP contribution in [-0.4, -0.2) is 46.1 Å². The van der Waals surface area contributed by atoms with Crippen LogP contribution in [0, 0.1) is 10.1 Å². The second kappa shape index (κ2) is 5.69. The van der Waals surface area contributed by atoms with Crippen LogP contribution in [0.3, 0.4) is 0 Å². The van der Waals surface area contributed by atoms with Crippen molar-refractivity contribution >= 4 is 17.3 Å². The van der Waals surface area contributed by atoms with Crippen LogP contribution in [0.5, 0.6) is 0 Å². The van der Waals surface area contributed by atoms with Crippen LogP contribution in [0.25, 0.3) is 0 Å². The number of hydrogen-bond donors (Lipinski definition) is 2. The SMILES string of the molecule is CCNc1cc(C(=O)N2CCC(C)(O)C2)ccc1[N+](=O)[O-]. The van der Waals surface area contributed by atoms with Gasteiger partial charge in [0.05, 0.1) is 10.5 Å². The number of anilines is 1. The molecule has 0 spiro atoms. The first-order valence-electron chi connectivity index (χ1n) is 6.88.